The molecule has 0 saturated carbocycles. The van der Waals surface area contributed by atoms with Crippen molar-refractivity contribution in [2.24, 2.45) is 0 Å². The maximum absolute atomic E-state index is 13.4. The number of nitrogens with zero attached hydrogens (tertiary/aromatic N) is 4. The number of pyridine rings is 1. The Morgan fingerprint density at radius 2 is 1.81 bits per heavy atom. The Kier molecular flexibility index (Phi) is 6.54. The van der Waals surface area contributed by atoms with Crippen LogP contribution in [0.1, 0.15) is 21.6 Å². The van der Waals surface area contributed by atoms with E-state index >= 15 is 0 Å². The lowest BCUT2D eigenvalue weighted by Gasteiger charge is -2.29. The van der Waals surface area contributed by atoms with Gasteiger partial charge in [-0.05, 0) is 43.7 Å². The molecular formula is C24H23F3N6O3S. The number of carbonyl (C=O) groups is 1. The molecule has 0 saturated heterocycles. The summed E-state index contributed by atoms with van der Waals surface area (Å²) in [7, 11) is -4.21. The number of amides is 1. The summed E-state index contributed by atoms with van der Waals surface area (Å²) in [6.45, 7) is 1.57. The first-order valence-electron chi connectivity index (χ1n) is 11.6. The number of benzene rings is 1. The van der Waals surface area contributed by atoms with Crippen LogP contribution in [0.5, 0.6) is 0 Å². The van der Waals surface area contributed by atoms with Crippen molar-refractivity contribution < 1.29 is 27.8 Å². The van der Waals surface area contributed by atoms with Crippen molar-refractivity contribution in [1.29, 1.82) is 0 Å². The quantitative estimate of drug-likeness (QED) is 0.352. The molecule has 0 aliphatic carbocycles. The third kappa shape index (κ3) is 5.40. The van der Waals surface area contributed by atoms with Gasteiger partial charge in [-0.3, -0.25) is 4.79 Å². The molecule has 1 aromatic carbocycles. The van der Waals surface area contributed by atoms with Crippen LogP contribution >= 0.6 is 0 Å². The van der Waals surface area contributed by atoms with Crippen LogP contribution in [0.4, 0.5) is 19.0 Å². The van der Waals surface area contributed by atoms with Crippen LogP contribution in [0.15, 0.2) is 72.0 Å². The Labute approximate surface area is 212 Å². The van der Waals surface area contributed by atoms with Gasteiger partial charge < -0.3 is 10.6 Å². The molecule has 0 spiro atoms. The summed E-state index contributed by atoms with van der Waals surface area (Å²) in [5.74, 6) is -0.820. The molecule has 2 N–H and O–H groups in total. The number of rotatable bonds is 8. The maximum atomic E-state index is 13.4. The minimum atomic E-state index is -4.57. The highest BCUT2D eigenvalue weighted by atomic mass is 32.2. The number of anilines is 1. The van der Waals surface area contributed by atoms with Gasteiger partial charge in [-0.15, -0.1) is 0 Å². The Balaban J connectivity index is 1.77. The zero-order chi connectivity index (χ0) is 27.7. The van der Waals surface area contributed by atoms with Crippen molar-refractivity contribution in [3.63, 3.8) is 0 Å². The fraction of sp³-hybridized carbons (Fsp3) is 0.250. The first kappa shape index (κ1) is 24.7. The molecule has 3 heterocycles. The average Bonchev–Trinajstić information content (AvgIpc) is 3.19. The second-order valence-electron chi connectivity index (χ2n) is 8.32. The first-order valence-corrected chi connectivity index (χ1v) is 12.5. The molecule has 0 aliphatic heterocycles. The van der Waals surface area contributed by atoms with Gasteiger partial charge in [0.05, 0.1) is 6.27 Å². The molecular weight excluding hydrogens is 509 g/mol. The molecule has 0 unspecified atom stereocenters. The van der Waals surface area contributed by atoms with E-state index in [-0.39, 0.29) is 34.2 Å². The smallest absolute Gasteiger partial charge is 0.356 e. The van der Waals surface area contributed by atoms with Gasteiger partial charge >= 0.3 is 6.18 Å². The van der Waals surface area contributed by atoms with Gasteiger partial charge in [0, 0.05) is 29.5 Å². The van der Waals surface area contributed by atoms with Gasteiger partial charge in [0.1, 0.15) is 17.9 Å². The number of halogens is 3. The van der Waals surface area contributed by atoms with Gasteiger partial charge in [-0.1, -0.05) is 25.1 Å². The summed E-state index contributed by atoms with van der Waals surface area (Å²) >= 11 is 0. The Hall–Kier alpha value is -4.00. The van der Waals surface area contributed by atoms with Gasteiger partial charge in [-0.2, -0.15) is 13.2 Å². The zero-order valence-electron chi connectivity index (χ0n) is 20.7. The summed E-state index contributed by atoms with van der Waals surface area (Å²) in [5, 5.41) is 5.02. The fourth-order valence-corrected chi connectivity index (χ4v) is 4.82. The molecule has 0 bridgehead atoms. The standard InChI is InChI=1S/C24H23F3N6O3S/c1-3-23(2,22(34)30-15-24(25,26)27)32-19-11-13-28-20(31-19)18-14-33(21-17(18)10-7-12-29-21)37(35,36)16-8-5-4-6-9-16/h4-14H,3,15H2,1-2H3,(H,30,34)(H,28,31,32)/t23-/m1/s1/i14D. The monoisotopic (exact) mass is 533 g/mol. The van der Waals surface area contributed by atoms with E-state index in [4.69, 9.17) is 1.37 Å². The normalized spacial score (nSPS) is 14.1. The molecule has 4 aromatic rings. The minimum absolute atomic E-state index is 0.00300. The molecule has 0 radical (unpaired) electrons. The summed E-state index contributed by atoms with van der Waals surface area (Å²) in [4.78, 5) is 25.3. The van der Waals surface area contributed by atoms with E-state index in [1.165, 1.54) is 37.5 Å². The highest BCUT2D eigenvalue weighted by Gasteiger charge is 2.35. The van der Waals surface area contributed by atoms with E-state index in [2.05, 4.69) is 20.3 Å². The van der Waals surface area contributed by atoms with Gasteiger partial charge in [0.25, 0.3) is 10.0 Å². The number of hydrogen-bond donors (Lipinski definition) is 2. The predicted molar refractivity (Wildman–Crippen MR) is 131 cm³/mol. The Morgan fingerprint density at radius 1 is 1.08 bits per heavy atom. The van der Waals surface area contributed by atoms with Crippen LogP contribution in [0.2, 0.25) is 0 Å². The molecule has 3 aromatic heterocycles. The van der Waals surface area contributed by atoms with Crippen molar-refractivity contribution in [3.05, 3.63) is 67.1 Å². The minimum Gasteiger partial charge on any atom is -0.356 e. The number of hydrogen-bond acceptors (Lipinski definition) is 7. The van der Waals surface area contributed by atoms with Crippen molar-refractivity contribution in [2.45, 2.75) is 36.9 Å². The van der Waals surface area contributed by atoms with Crippen LogP contribution in [0.25, 0.3) is 22.4 Å². The third-order valence-corrected chi connectivity index (χ3v) is 7.30. The van der Waals surface area contributed by atoms with Gasteiger partial charge in [0.15, 0.2) is 11.5 Å². The van der Waals surface area contributed by atoms with Crippen LogP contribution in [-0.4, -0.2) is 51.5 Å². The number of nitrogens with one attached hydrogen (secondary N) is 2. The topological polar surface area (TPSA) is 119 Å². The fourth-order valence-electron chi connectivity index (χ4n) is 3.52. The van der Waals surface area contributed by atoms with Crippen molar-refractivity contribution in [2.75, 3.05) is 11.9 Å². The van der Waals surface area contributed by atoms with Crippen LogP contribution in [0.3, 0.4) is 0 Å². The predicted octanol–water partition coefficient (Wildman–Crippen LogP) is 3.99. The van der Waals surface area contributed by atoms with E-state index in [1.54, 1.807) is 37.3 Å². The largest absolute Gasteiger partial charge is 0.405 e. The number of alkyl halides is 3. The highest BCUT2D eigenvalue weighted by Crippen LogP contribution is 2.31. The van der Waals surface area contributed by atoms with E-state index < -0.39 is 40.4 Å². The molecule has 194 valence electrons. The molecule has 9 nitrogen and oxygen atoms in total. The lowest BCUT2D eigenvalue weighted by atomic mass is 9.97. The summed E-state index contributed by atoms with van der Waals surface area (Å²) < 4.78 is 74.3. The lowest BCUT2D eigenvalue weighted by Crippen LogP contribution is -2.52. The van der Waals surface area contributed by atoms with Crippen LogP contribution in [-0.2, 0) is 14.8 Å². The van der Waals surface area contributed by atoms with E-state index in [0.29, 0.717) is 5.39 Å². The highest BCUT2D eigenvalue weighted by molar-refractivity contribution is 7.90. The molecule has 1 atom stereocenters. The van der Waals surface area contributed by atoms with Crippen molar-refractivity contribution in [3.8, 4) is 11.4 Å². The Bertz CT molecular complexity index is 1600. The number of carbonyl (C=O) groups excluding carboxylic acids is 1. The van der Waals surface area contributed by atoms with E-state index in [9.17, 15) is 26.4 Å². The molecule has 0 aliphatic rings. The van der Waals surface area contributed by atoms with Gasteiger partial charge in [0.2, 0.25) is 5.91 Å². The van der Waals surface area contributed by atoms with E-state index in [0.717, 1.165) is 3.97 Å². The average molecular weight is 534 g/mol. The number of aromatic nitrogens is 4. The second kappa shape index (κ2) is 9.81. The molecule has 13 heteroatoms. The molecule has 37 heavy (non-hydrogen) atoms. The molecule has 4 rings (SSSR count). The first-order chi connectivity index (χ1) is 17.9. The summed E-state index contributed by atoms with van der Waals surface area (Å²) in [6.07, 6.45) is -2.15. The Morgan fingerprint density at radius 3 is 2.49 bits per heavy atom. The summed E-state index contributed by atoms with van der Waals surface area (Å²) in [5.41, 5.74) is -1.37. The van der Waals surface area contributed by atoms with Crippen LogP contribution < -0.4 is 10.6 Å². The van der Waals surface area contributed by atoms with E-state index in [1.807, 2.05) is 5.32 Å². The second-order valence-corrected chi connectivity index (χ2v) is 10.1. The van der Waals surface area contributed by atoms with Crippen molar-refractivity contribution in [1.82, 2.24) is 24.2 Å². The molecule has 1 amide bonds. The number of fused-ring (bicyclic) bond motifs is 1. The van der Waals surface area contributed by atoms with Crippen LogP contribution in [0, 0.1) is 0 Å². The lowest BCUT2D eigenvalue weighted by molar-refractivity contribution is -0.140. The maximum Gasteiger partial charge on any atom is 0.405 e. The van der Waals surface area contributed by atoms with Crippen molar-refractivity contribution >= 4 is 32.8 Å². The van der Waals surface area contributed by atoms with Gasteiger partial charge in [-0.25, -0.2) is 27.3 Å². The molecule has 0 fully saturated rings. The summed E-state index contributed by atoms with van der Waals surface area (Å²) in [6, 6.07) is 12.2. The zero-order valence-corrected chi connectivity index (χ0v) is 20.6. The third-order valence-electron chi connectivity index (χ3n) is 5.68. The SMILES string of the molecule is [2H]c1c(-c2nccc(N[C@](C)(CC)C(=O)NCC(F)(F)F)n2)c2cccnc2n1S(=O)(=O)c1ccccc1.